The van der Waals surface area contributed by atoms with Crippen molar-refractivity contribution in [3.8, 4) is 22.6 Å². The zero-order chi connectivity index (χ0) is 43.1. The third kappa shape index (κ3) is 8.26. The Bertz CT molecular complexity index is 2380. The normalized spacial score (nSPS) is 20.8. The maximum absolute atomic E-state index is 13.1. The predicted molar refractivity (Wildman–Crippen MR) is 240 cm³/mol. The highest BCUT2D eigenvalue weighted by Crippen LogP contribution is 2.44. The largest absolute Gasteiger partial charge is 0.496 e. The topological polar surface area (TPSA) is 133 Å². The first-order valence-corrected chi connectivity index (χ1v) is 22.4. The van der Waals surface area contributed by atoms with Gasteiger partial charge in [0, 0.05) is 93.7 Å². The minimum atomic E-state index is -0.617. The number of amides is 3. The molecule has 5 saturated heterocycles. The Balaban J connectivity index is 0.767. The Hall–Kier alpha value is -5.47. The molecule has 1 unspecified atom stereocenters. The van der Waals surface area contributed by atoms with Crippen molar-refractivity contribution in [2.45, 2.75) is 71.0 Å². The number of benzene rings is 2. The number of fused-ring (bicyclic) bond motifs is 1. The van der Waals surface area contributed by atoms with Gasteiger partial charge in [-0.25, -0.2) is 4.98 Å². The molecule has 2 aromatic carbocycles. The number of hydrogen-bond acceptors (Lipinski definition) is 11. The quantitative estimate of drug-likeness (QED) is 0.148. The molecular weight excluding hydrogens is 785 g/mol. The molecule has 0 radical (unpaired) electrons. The van der Waals surface area contributed by atoms with Crippen molar-refractivity contribution in [2.24, 2.45) is 18.4 Å². The number of pyridine rings is 2. The van der Waals surface area contributed by atoms with Crippen molar-refractivity contribution in [3.05, 3.63) is 75.8 Å². The summed E-state index contributed by atoms with van der Waals surface area (Å²) in [5, 5.41) is 3.85. The van der Waals surface area contributed by atoms with E-state index in [4.69, 9.17) is 9.47 Å². The summed E-state index contributed by atoms with van der Waals surface area (Å²) in [5.41, 5.74) is 6.57. The maximum atomic E-state index is 13.1. The Morgan fingerprint density at radius 3 is 2.24 bits per heavy atom. The molecule has 14 heteroatoms. The second-order valence-corrected chi connectivity index (χ2v) is 18.5. The minimum Gasteiger partial charge on any atom is -0.496 e. The number of rotatable bonds is 13. The molecule has 3 amide bonds. The van der Waals surface area contributed by atoms with Crippen LogP contribution in [0.4, 0.5) is 11.5 Å². The average Bonchev–Trinajstić information content (AvgIpc) is 3.24. The number of methoxy groups -OCH3 is 2. The summed E-state index contributed by atoms with van der Waals surface area (Å²) in [4.78, 5) is 65.2. The van der Waals surface area contributed by atoms with E-state index in [1.54, 1.807) is 32.0 Å². The van der Waals surface area contributed by atoms with Gasteiger partial charge in [0.15, 0.2) is 0 Å². The number of carbonyl (C=O) groups excluding carboxylic acids is 3. The number of nitrogens with one attached hydrogen (secondary N) is 1. The van der Waals surface area contributed by atoms with Crippen LogP contribution in [0.25, 0.3) is 21.9 Å². The second kappa shape index (κ2) is 17.4. The standard InChI is InChI=1S/C48H60N8O6/c1-32-20-36(7-6-34(32)26-55(31-57)41-8-9-45(58)50-46(41)59)56-29-48(30-56)12-18-53(19-13-48)25-33-10-16-52(17-11-33)28-40-42(61-3)21-35(22-43(40)62-4)39-27-51(2)47(60)38-24-49-44(23-37(38)39)54-14-5-15-54/h6-7,20-24,27,31,33,41H,5,8-19,25-26,28-30H2,1-4H3,(H,50,58,59). The Kier molecular flexibility index (Phi) is 11.7. The number of piperidine rings is 3. The lowest BCUT2D eigenvalue weighted by molar-refractivity contribution is -0.141. The molecule has 14 nitrogen and oxygen atoms in total. The SMILES string of the molecule is COc1cc(-c2cn(C)c(=O)c3cnc(N4CCC4)cc23)cc(OC)c1CN1CCC(CN2CCC3(CC2)CN(c2ccc(CN(C=O)C4CCC(=O)NC4=O)c(C)c2)C3)CC1. The van der Waals surface area contributed by atoms with Gasteiger partial charge >= 0.3 is 0 Å². The van der Waals surface area contributed by atoms with Crippen molar-refractivity contribution in [1.82, 2.24) is 29.6 Å². The van der Waals surface area contributed by atoms with E-state index in [0.717, 1.165) is 129 Å². The summed E-state index contributed by atoms with van der Waals surface area (Å²) in [6.45, 7) is 12.8. The first-order valence-electron chi connectivity index (χ1n) is 22.4. The van der Waals surface area contributed by atoms with Crippen molar-refractivity contribution in [2.75, 3.05) is 82.9 Å². The molecule has 4 aromatic rings. The fourth-order valence-corrected chi connectivity index (χ4v) is 10.5. The molecule has 328 valence electrons. The van der Waals surface area contributed by atoms with Crippen LogP contribution in [-0.2, 0) is 34.5 Å². The highest BCUT2D eigenvalue weighted by Gasteiger charge is 2.45. The van der Waals surface area contributed by atoms with Crippen molar-refractivity contribution >= 4 is 40.5 Å². The lowest BCUT2D eigenvalue weighted by Gasteiger charge is -2.55. The summed E-state index contributed by atoms with van der Waals surface area (Å²) < 4.78 is 13.7. The zero-order valence-electron chi connectivity index (χ0n) is 36.7. The highest BCUT2D eigenvalue weighted by atomic mass is 16.5. The van der Waals surface area contributed by atoms with Crippen LogP contribution in [0.5, 0.6) is 11.5 Å². The molecule has 7 heterocycles. The molecule has 5 aliphatic rings. The van der Waals surface area contributed by atoms with Gasteiger partial charge in [0.25, 0.3) is 5.56 Å². The molecule has 0 aliphatic carbocycles. The average molecular weight is 845 g/mol. The van der Waals surface area contributed by atoms with Gasteiger partial charge in [-0.1, -0.05) is 6.07 Å². The predicted octanol–water partition coefficient (Wildman–Crippen LogP) is 4.71. The number of imide groups is 1. The van der Waals surface area contributed by atoms with Gasteiger partial charge in [-0.05, 0) is 125 Å². The molecule has 0 saturated carbocycles. The third-order valence-electron chi connectivity index (χ3n) is 14.5. The highest BCUT2D eigenvalue weighted by molar-refractivity contribution is 6.01. The Labute approximate surface area is 363 Å². The van der Waals surface area contributed by atoms with Gasteiger partial charge in [-0.2, -0.15) is 0 Å². The van der Waals surface area contributed by atoms with Crippen LogP contribution in [0.3, 0.4) is 0 Å². The smallest absolute Gasteiger partial charge is 0.259 e. The molecular formula is C48H60N8O6. The summed E-state index contributed by atoms with van der Waals surface area (Å²) in [6, 6.07) is 12.0. The Morgan fingerprint density at radius 1 is 0.887 bits per heavy atom. The van der Waals surface area contributed by atoms with E-state index in [9.17, 15) is 19.2 Å². The van der Waals surface area contributed by atoms with Crippen molar-refractivity contribution in [1.29, 1.82) is 0 Å². The van der Waals surface area contributed by atoms with Crippen LogP contribution in [-0.4, -0.2) is 122 Å². The van der Waals surface area contributed by atoms with Gasteiger partial charge in [0.2, 0.25) is 18.2 Å². The molecule has 0 bridgehead atoms. The summed E-state index contributed by atoms with van der Waals surface area (Å²) >= 11 is 0. The summed E-state index contributed by atoms with van der Waals surface area (Å²) in [6.07, 6.45) is 10.9. The number of nitrogens with zero attached hydrogens (tertiary/aromatic N) is 7. The molecule has 2 aromatic heterocycles. The van der Waals surface area contributed by atoms with E-state index in [0.29, 0.717) is 29.7 Å². The van der Waals surface area contributed by atoms with Gasteiger partial charge in [0.05, 0.1) is 25.2 Å². The molecule has 5 fully saturated rings. The van der Waals surface area contributed by atoms with Gasteiger partial charge in [-0.15, -0.1) is 0 Å². The lowest BCUT2D eigenvalue weighted by Crippen LogP contribution is -2.60. The monoisotopic (exact) mass is 844 g/mol. The number of carbonyl (C=O) groups is 3. The van der Waals surface area contributed by atoms with Crippen molar-refractivity contribution in [3.63, 3.8) is 0 Å². The molecule has 5 aliphatic heterocycles. The number of hydrogen-bond donors (Lipinski definition) is 1. The van der Waals surface area contributed by atoms with Crippen molar-refractivity contribution < 1.29 is 23.9 Å². The van der Waals surface area contributed by atoms with Crippen LogP contribution < -0.4 is 30.1 Å². The van der Waals surface area contributed by atoms with E-state index in [2.05, 4.69) is 73.2 Å². The molecule has 1 spiro atoms. The van der Waals surface area contributed by atoms with Gasteiger partial charge in [0.1, 0.15) is 23.4 Å². The number of aromatic nitrogens is 2. The Morgan fingerprint density at radius 2 is 1.61 bits per heavy atom. The summed E-state index contributed by atoms with van der Waals surface area (Å²) in [5.74, 6) is 2.49. The molecule has 62 heavy (non-hydrogen) atoms. The zero-order valence-corrected chi connectivity index (χ0v) is 36.7. The third-order valence-corrected chi connectivity index (χ3v) is 14.5. The number of anilines is 2. The van der Waals surface area contributed by atoms with E-state index in [1.165, 1.54) is 36.3 Å². The fourth-order valence-electron chi connectivity index (χ4n) is 10.5. The van der Waals surface area contributed by atoms with Crippen LogP contribution in [0, 0.1) is 18.3 Å². The number of aryl methyl sites for hydroxylation is 2. The van der Waals surface area contributed by atoms with E-state index < -0.39 is 11.9 Å². The second-order valence-electron chi connectivity index (χ2n) is 18.5. The van der Waals surface area contributed by atoms with Crippen LogP contribution >= 0.6 is 0 Å². The van der Waals surface area contributed by atoms with E-state index in [1.807, 2.05) is 6.20 Å². The molecule has 1 N–H and O–H groups in total. The maximum Gasteiger partial charge on any atom is 0.259 e. The van der Waals surface area contributed by atoms with Gasteiger partial charge < -0.3 is 33.6 Å². The summed E-state index contributed by atoms with van der Waals surface area (Å²) in [7, 11) is 5.24. The molecule has 9 rings (SSSR count). The van der Waals surface area contributed by atoms with Crippen LogP contribution in [0.1, 0.15) is 61.6 Å². The molecule has 1 atom stereocenters. The van der Waals surface area contributed by atoms with E-state index >= 15 is 0 Å². The first kappa shape index (κ1) is 41.9. The number of likely N-dealkylation sites (tertiary alicyclic amines) is 2. The van der Waals surface area contributed by atoms with Crippen LogP contribution in [0.15, 0.2) is 53.6 Å². The number of ether oxygens (including phenoxy) is 2. The first-order chi connectivity index (χ1) is 30.0. The minimum absolute atomic E-state index is 0.0623. The fraction of sp³-hybridized carbons (Fsp3) is 0.521. The van der Waals surface area contributed by atoms with Gasteiger partial charge in [-0.3, -0.25) is 29.4 Å². The van der Waals surface area contributed by atoms with Crippen LogP contribution in [0.2, 0.25) is 0 Å². The lowest BCUT2D eigenvalue weighted by atomic mass is 9.71. The van der Waals surface area contributed by atoms with E-state index in [-0.39, 0.29) is 17.9 Å².